The van der Waals surface area contributed by atoms with Gasteiger partial charge in [-0.3, -0.25) is 9.59 Å². The Kier molecular flexibility index (Phi) is 3.22. The molecule has 0 aliphatic carbocycles. The summed E-state index contributed by atoms with van der Waals surface area (Å²) in [6.07, 6.45) is 2.53. The molecule has 0 bridgehead atoms. The summed E-state index contributed by atoms with van der Waals surface area (Å²) in [5, 5.41) is 17.1. The Labute approximate surface area is 79.6 Å². The van der Waals surface area contributed by atoms with Crippen molar-refractivity contribution in [3.63, 3.8) is 0 Å². The molecule has 0 radical (unpaired) electrons. The molecule has 0 spiro atoms. The van der Waals surface area contributed by atoms with Gasteiger partial charge in [0.2, 0.25) is 0 Å². The summed E-state index contributed by atoms with van der Waals surface area (Å²) in [7, 11) is 0. The lowest BCUT2D eigenvalue weighted by atomic mass is 10.0. The van der Waals surface area contributed by atoms with Crippen molar-refractivity contribution >= 4 is 11.9 Å². The number of carboxylic acid groups (broad SMARTS) is 2. The van der Waals surface area contributed by atoms with Gasteiger partial charge in [0.15, 0.2) is 0 Å². The van der Waals surface area contributed by atoms with Crippen LogP contribution in [-0.2, 0) is 9.59 Å². The lowest BCUT2D eigenvalue weighted by molar-refractivity contribution is -0.139. The highest BCUT2D eigenvalue weighted by Gasteiger charge is 2.20. The van der Waals surface area contributed by atoms with E-state index in [2.05, 4.69) is 9.97 Å². The van der Waals surface area contributed by atoms with E-state index in [9.17, 15) is 9.59 Å². The highest BCUT2D eigenvalue weighted by Crippen LogP contribution is 2.19. The van der Waals surface area contributed by atoms with Gasteiger partial charge in [0.1, 0.15) is 5.82 Å². The van der Waals surface area contributed by atoms with Crippen molar-refractivity contribution < 1.29 is 19.8 Å². The molecule has 3 N–H and O–H groups in total. The second kappa shape index (κ2) is 4.40. The van der Waals surface area contributed by atoms with E-state index < -0.39 is 17.9 Å². The van der Waals surface area contributed by atoms with Crippen molar-refractivity contribution in [3.05, 3.63) is 18.2 Å². The largest absolute Gasteiger partial charge is 0.481 e. The SMILES string of the molecule is O=C(O)CC(CC(=O)O)c1ncc[nH]1. The van der Waals surface area contributed by atoms with Crippen LogP contribution in [0.4, 0.5) is 0 Å². The van der Waals surface area contributed by atoms with Gasteiger partial charge in [-0.25, -0.2) is 4.98 Å². The van der Waals surface area contributed by atoms with E-state index in [-0.39, 0.29) is 12.8 Å². The molecule has 0 aliphatic rings. The summed E-state index contributed by atoms with van der Waals surface area (Å²) >= 11 is 0. The van der Waals surface area contributed by atoms with Gasteiger partial charge in [-0.2, -0.15) is 0 Å². The van der Waals surface area contributed by atoms with E-state index in [1.54, 1.807) is 0 Å². The van der Waals surface area contributed by atoms with E-state index in [0.717, 1.165) is 0 Å². The summed E-state index contributed by atoms with van der Waals surface area (Å²) in [6.45, 7) is 0. The summed E-state index contributed by atoms with van der Waals surface area (Å²) in [5.41, 5.74) is 0. The van der Waals surface area contributed by atoms with Gasteiger partial charge < -0.3 is 15.2 Å². The van der Waals surface area contributed by atoms with Crippen LogP contribution in [-0.4, -0.2) is 32.1 Å². The number of nitrogens with zero attached hydrogens (tertiary/aromatic N) is 1. The van der Waals surface area contributed by atoms with Crippen LogP contribution in [0.15, 0.2) is 12.4 Å². The average molecular weight is 198 g/mol. The smallest absolute Gasteiger partial charge is 0.304 e. The van der Waals surface area contributed by atoms with E-state index in [0.29, 0.717) is 5.82 Å². The first-order valence-electron chi connectivity index (χ1n) is 4.02. The van der Waals surface area contributed by atoms with E-state index in [1.165, 1.54) is 12.4 Å². The summed E-state index contributed by atoms with van der Waals surface area (Å²) in [4.78, 5) is 27.5. The number of nitrogens with one attached hydrogen (secondary N) is 1. The molecule has 0 atom stereocenters. The fourth-order valence-corrected chi connectivity index (χ4v) is 1.19. The standard InChI is InChI=1S/C8H10N2O4/c11-6(12)3-5(4-7(13)14)8-9-1-2-10-8/h1-2,5H,3-4H2,(H,9,10)(H,11,12)(H,13,14). The minimum Gasteiger partial charge on any atom is -0.481 e. The van der Waals surface area contributed by atoms with Gasteiger partial charge in [-0.05, 0) is 0 Å². The summed E-state index contributed by atoms with van der Waals surface area (Å²) in [6, 6.07) is 0. The number of aromatic nitrogens is 2. The van der Waals surface area contributed by atoms with Gasteiger partial charge in [0, 0.05) is 18.3 Å². The first-order chi connectivity index (χ1) is 6.59. The highest BCUT2D eigenvalue weighted by molar-refractivity contribution is 5.72. The van der Waals surface area contributed by atoms with E-state index >= 15 is 0 Å². The zero-order valence-corrected chi connectivity index (χ0v) is 7.30. The molecule has 76 valence electrons. The van der Waals surface area contributed by atoms with Crippen LogP contribution in [0.2, 0.25) is 0 Å². The minimum absolute atomic E-state index is 0.236. The van der Waals surface area contributed by atoms with Gasteiger partial charge >= 0.3 is 11.9 Å². The van der Waals surface area contributed by atoms with Gasteiger partial charge in [0.05, 0.1) is 12.8 Å². The molecule has 0 unspecified atom stereocenters. The van der Waals surface area contributed by atoms with Gasteiger partial charge in [-0.1, -0.05) is 0 Å². The second-order valence-corrected chi connectivity index (χ2v) is 2.87. The number of rotatable bonds is 5. The molecule has 0 amide bonds. The van der Waals surface area contributed by atoms with Crippen LogP contribution in [0, 0.1) is 0 Å². The number of aliphatic carboxylic acids is 2. The van der Waals surface area contributed by atoms with Crippen molar-refractivity contribution in [1.82, 2.24) is 9.97 Å². The summed E-state index contributed by atoms with van der Waals surface area (Å²) in [5.74, 6) is -2.27. The Morgan fingerprint density at radius 1 is 1.36 bits per heavy atom. The van der Waals surface area contributed by atoms with Crippen LogP contribution < -0.4 is 0 Å². The Balaban J connectivity index is 2.71. The molecule has 6 heteroatoms. The van der Waals surface area contributed by atoms with E-state index in [4.69, 9.17) is 10.2 Å². The fraction of sp³-hybridized carbons (Fsp3) is 0.375. The molecule has 0 aliphatic heterocycles. The number of aromatic amines is 1. The quantitative estimate of drug-likeness (QED) is 0.637. The number of carbonyl (C=O) groups is 2. The third-order valence-electron chi connectivity index (χ3n) is 1.75. The van der Waals surface area contributed by atoms with E-state index in [1.807, 2.05) is 0 Å². The van der Waals surface area contributed by atoms with Crippen molar-refractivity contribution in [2.24, 2.45) is 0 Å². The number of carboxylic acids is 2. The number of hydrogen-bond donors (Lipinski definition) is 3. The average Bonchev–Trinajstić information content (AvgIpc) is 2.52. The molecule has 0 saturated heterocycles. The maximum atomic E-state index is 10.5. The number of H-pyrrole nitrogens is 1. The predicted octanol–water partition coefficient (Wildman–Crippen LogP) is 0.443. The Morgan fingerprint density at radius 3 is 2.29 bits per heavy atom. The molecule has 1 aromatic heterocycles. The number of hydrogen-bond acceptors (Lipinski definition) is 3. The Hall–Kier alpha value is -1.85. The molecule has 1 heterocycles. The predicted molar refractivity (Wildman–Crippen MR) is 45.8 cm³/mol. The Morgan fingerprint density at radius 2 is 1.93 bits per heavy atom. The van der Waals surface area contributed by atoms with Crippen molar-refractivity contribution in [3.8, 4) is 0 Å². The molecule has 0 aromatic carbocycles. The molecular formula is C8H10N2O4. The fourth-order valence-electron chi connectivity index (χ4n) is 1.19. The lowest BCUT2D eigenvalue weighted by Gasteiger charge is -2.08. The van der Waals surface area contributed by atoms with Crippen LogP contribution in [0.5, 0.6) is 0 Å². The normalized spacial score (nSPS) is 10.4. The maximum absolute atomic E-state index is 10.5. The highest BCUT2D eigenvalue weighted by atomic mass is 16.4. The lowest BCUT2D eigenvalue weighted by Crippen LogP contribution is -2.12. The number of imidazole rings is 1. The van der Waals surface area contributed by atoms with Crippen LogP contribution in [0.1, 0.15) is 24.6 Å². The molecule has 1 aromatic rings. The van der Waals surface area contributed by atoms with Crippen molar-refractivity contribution in [1.29, 1.82) is 0 Å². The molecule has 0 saturated carbocycles. The summed E-state index contributed by atoms with van der Waals surface area (Å²) < 4.78 is 0. The van der Waals surface area contributed by atoms with Crippen LogP contribution in [0.25, 0.3) is 0 Å². The molecule has 1 rings (SSSR count). The van der Waals surface area contributed by atoms with Gasteiger partial charge in [-0.15, -0.1) is 0 Å². The van der Waals surface area contributed by atoms with Crippen LogP contribution >= 0.6 is 0 Å². The third-order valence-corrected chi connectivity index (χ3v) is 1.75. The van der Waals surface area contributed by atoms with Crippen molar-refractivity contribution in [2.75, 3.05) is 0 Å². The van der Waals surface area contributed by atoms with Crippen LogP contribution in [0.3, 0.4) is 0 Å². The molecule has 14 heavy (non-hydrogen) atoms. The first-order valence-corrected chi connectivity index (χ1v) is 4.02. The van der Waals surface area contributed by atoms with Gasteiger partial charge in [0.25, 0.3) is 0 Å². The first kappa shape index (κ1) is 10.2. The zero-order valence-electron chi connectivity index (χ0n) is 7.30. The second-order valence-electron chi connectivity index (χ2n) is 2.87. The monoisotopic (exact) mass is 198 g/mol. The Bertz CT molecular complexity index is 304. The maximum Gasteiger partial charge on any atom is 0.304 e. The minimum atomic E-state index is -1.03. The third kappa shape index (κ3) is 2.89. The molecule has 6 nitrogen and oxygen atoms in total. The zero-order chi connectivity index (χ0) is 10.6. The van der Waals surface area contributed by atoms with Crippen molar-refractivity contribution in [2.45, 2.75) is 18.8 Å². The topological polar surface area (TPSA) is 103 Å². The molecular weight excluding hydrogens is 188 g/mol. The molecule has 0 fully saturated rings.